The number of aromatic nitrogens is 2. The van der Waals surface area contributed by atoms with Crippen molar-refractivity contribution < 1.29 is 4.79 Å². The molecule has 27 heavy (non-hydrogen) atoms. The average Bonchev–Trinajstić information content (AvgIpc) is 3.09. The maximum absolute atomic E-state index is 12.2. The first-order valence-electron chi connectivity index (χ1n) is 9.33. The fourth-order valence-corrected chi connectivity index (χ4v) is 3.70. The monoisotopic (exact) mass is 360 g/mol. The van der Waals surface area contributed by atoms with E-state index in [0.29, 0.717) is 5.92 Å². The van der Waals surface area contributed by atoms with E-state index in [9.17, 15) is 4.79 Å². The fraction of sp³-hybridized carbons (Fsp3) is 0.273. The lowest BCUT2D eigenvalue weighted by molar-refractivity contribution is -0.106. The maximum Gasteiger partial charge on any atom is 0.219 e. The van der Waals surface area contributed by atoms with E-state index in [1.807, 2.05) is 72.1 Å². The van der Waals surface area contributed by atoms with E-state index in [1.54, 1.807) is 4.90 Å². The third kappa shape index (κ3) is 3.21. The molecule has 0 radical (unpaired) electrons. The molecule has 138 valence electrons. The van der Waals surface area contributed by atoms with Crippen LogP contribution in [0.2, 0.25) is 0 Å². The summed E-state index contributed by atoms with van der Waals surface area (Å²) in [7, 11) is 4.01. The van der Waals surface area contributed by atoms with Gasteiger partial charge in [-0.25, -0.2) is 4.98 Å². The summed E-state index contributed by atoms with van der Waals surface area (Å²) in [6, 6.07) is 14.0. The second-order valence-corrected chi connectivity index (χ2v) is 7.12. The summed E-state index contributed by atoms with van der Waals surface area (Å²) in [6.07, 6.45) is 10.4. The Morgan fingerprint density at radius 2 is 1.85 bits per heavy atom. The number of hydrogen-bond donors (Lipinski definition) is 0. The van der Waals surface area contributed by atoms with E-state index in [1.165, 1.54) is 0 Å². The summed E-state index contributed by atoms with van der Waals surface area (Å²) in [4.78, 5) is 20.8. The van der Waals surface area contributed by atoms with Crippen LogP contribution in [0, 0.1) is 0 Å². The molecule has 1 amide bonds. The Kier molecular flexibility index (Phi) is 4.67. The Morgan fingerprint density at radius 3 is 2.52 bits per heavy atom. The van der Waals surface area contributed by atoms with Gasteiger partial charge in [-0.1, -0.05) is 18.2 Å². The van der Waals surface area contributed by atoms with Gasteiger partial charge < -0.3 is 4.90 Å². The number of amides is 1. The SMILES string of the molecule is CN(C)c1ccc(N(C=O)c2c(C3CC=CCC3)nc3ccccn23)cc1. The summed E-state index contributed by atoms with van der Waals surface area (Å²) < 4.78 is 2.02. The van der Waals surface area contributed by atoms with Crippen molar-refractivity contribution >= 4 is 29.2 Å². The van der Waals surface area contributed by atoms with E-state index in [0.717, 1.165) is 54.2 Å². The van der Waals surface area contributed by atoms with Crippen molar-refractivity contribution in [2.24, 2.45) is 0 Å². The molecule has 1 aromatic carbocycles. The lowest BCUT2D eigenvalue weighted by Crippen LogP contribution is -2.19. The maximum atomic E-state index is 12.2. The minimum absolute atomic E-state index is 0.327. The van der Waals surface area contributed by atoms with Gasteiger partial charge in [-0.05, 0) is 55.7 Å². The lowest BCUT2D eigenvalue weighted by Gasteiger charge is -2.23. The van der Waals surface area contributed by atoms with Crippen LogP contribution in [0.25, 0.3) is 5.65 Å². The molecule has 3 aromatic rings. The second kappa shape index (κ2) is 7.27. The van der Waals surface area contributed by atoms with Gasteiger partial charge in [0.1, 0.15) is 11.5 Å². The van der Waals surface area contributed by atoms with Crippen molar-refractivity contribution in [3.63, 3.8) is 0 Å². The zero-order chi connectivity index (χ0) is 18.8. The number of benzene rings is 1. The Bertz CT molecular complexity index is 972. The number of allylic oxidation sites excluding steroid dienone is 2. The van der Waals surface area contributed by atoms with Gasteiger partial charge >= 0.3 is 0 Å². The van der Waals surface area contributed by atoms with Crippen molar-refractivity contribution in [3.8, 4) is 0 Å². The van der Waals surface area contributed by atoms with Crippen LogP contribution in [0.5, 0.6) is 0 Å². The highest BCUT2D eigenvalue weighted by molar-refractivity contribution is 5.87. The number of pyridine rings is 1. The van der Waals surface area contributed by atoms with Gasteiger partial charge in [0.25, 0.3) is 0 Å². The first-order chi connectivity index (χ1) is 13.2. The first-order valence-corrected chi connectivity index (χ1v) is 9.33. The van der Waals surface area contributed by atoms with E-state index >= 15 is 0 Å². The Balaban J connectivity index is 1.84. The minimum atomic E-state index is 0.327. The average molecular weight is 360 g/mol. The quantitative estimate of drug-likeness (QED) is 0.496. The van der Waals surface area contributed by atoms with Crippen LogP contribution in [0.15, 0.2) is 60.8 Å². The Hall–Kier alpha value is -3.08. The number of carbonyl (C=O) groups excluding carboxylic acids is 1. The van der Waals surface area contributed by atoms with Crippen molar-refractivity contribution in [2.75, 3.05) is 23.9 Å². The van der Waals surface area contributed by atoms with Gasteiger partial charge in [-0.3, -0.25) is 14.1 Å². The third-order valence-electron chi connectivity index (χ3n) is 5.16. The molecule has 5 nitrogen and oxygen atoms in total. The summed E-state index contributed by atoms with van der Waals surface area (Å²) in [5, 5.41) is 0. The zero-order valence-corrected chi connectivity index (χ0v) is 15.7. The number of imidazole rings is 1. The molecular formula is C22H24N4O. The van der Waals surface area contributed by atoms with Crippen molar-refractivity contribution in [2.45, 2.75) is 25.2 Å². The highest BCUT2D eigenvalue weighted by Gasteiger charge is 2.26. The number of carbonyl (C=O) groups is 1. The molecule has 0 saturated heterocycles. The topological polar surface area (TPSA) is 40.8 Å². The van der Waals surface area contributed by atoms with Gasteiger partial charge in [0.2, 0.25) is 6.41 Å². The summed E-state index contributed by atoms with van der Waals surface area (Å²) in [5.74, 6) is 1.17. The molecule has 0 bridgehead atoms. The van der Waals surface area contributed by atoms with Crippen LogP contribution in [-0.2, 0) is 4.79 Å². The van der Waals surface area contributed by atoms with Gasteiger partial charge in [0, 0.05) is 31.9 Å². The summed E-state index contributed by atoms with van der Waals surface area (Å²) in [6.45, 7) is 0. The van der Waals surface area contributed by atoms with Gasteiger partial charge in [0.05, 0.1) is 11.4 Å². The number of fused-ring (bicyclic) bond motifs is 1. The van der Waals surface area contributed by atoms with Crippen molar-refractivity contribution in [1.82, 2.24) is 9.38 Å². The molecule has 0 aliphatic heterocycles. The normalized spacial score (nSPS) is 16.4. The molecule has 1 unspecified atom stereocenters. The molecule has 2 aromatic heterocycles. The largest absolute Gasteiger partial charge is 0.378 e. The standard InChI is InChI=1S/C22H24N4O/c1-24(2)18-11-13-19(14-12-18)26(16-27)22-21(17-8-4-3-5-9-17)23-20-10-6-7-15-25(20)22/h3-4,6-7,10-17H,5,8-9H2,1-2H3. The van der Waals surface area contributed by atoms with Crippen LogP contribution in [0.1, 0.15) is 30.9 Å². The van der Waals surface area contributed by atoms with Crippen molar-refractivity contribution in [1.29, 1.82) is 0 Å². The first kappa shape index (κ1) is 17.3. The van der Waals surface area contributed by atoms with E-state index in [2.05, 4.69) is 12.2 Å². The second-order valence-electron chi connectivity index (χ2n) is 7.12. The molecule has 1 aliphatic rings. The predicted octanol–water partition coefficient (Wildman–Crippen LogP) is 4.52. The highest BCUT2D eigenvalue weighted by Crippen LogP contribution is 2.38. The van der Waals surface area contributed by atoms with Gasteiger partial charge in [0.15, 0.2) is 0 Å². The third-order valence-corrected chi connectivity index (χ3v) is 5.16. The fourth-order valence-electron chi connectivity index (χ4n) is 3.70. The van der Waals surface area contributed by atoms with Crippen LogP contribution < -0.4 is 9.80 Å². The predicted molar refractivity (Wildman–Crippen MR) is 110 cm³/mol. The number of nitrogens with zero attached hydrogens (tertiary/aromatic N) is 4. The molecular weight excluding hydrogens is 336 g/mol. The summed E-state index contributed by atoms with van der Waals surface area (Å²) in [5.41, 5.74) is 3.80. The molecule has 1 atom stereocenters. The zero-order valence-electron chi connectivity index (χ0n) is 15.7. The van der Waals surface area contributed by atoms with Crippen LogP contribution >= 0.6 is 0 Å². The van der Waals surface area contributed by atoms with Gasteiger partial charge in [-0.15, -0.1) is 0 Å². The lowest BCUT2D eigenvalue weighted by atomic mass is 9.91. The van der Waals surface area contributed by atoms with Crippen LogP contribution in [-0.4, -0.2) is 29.9 Å². The number of anilines is 3. The number of rotatable bonds is 5. The molecule has 0 N–H and O–H groups in total. The van der Waals surface area contributed by atoms with Gasteiger partial charge in [-0.2, -0.15) is 0 Å². The molecule has 1 aliphatic carbocycles. The summed E-state index contributed by atoms with van der Waals surface area (Å²) >= 11 is 0. The van der Waals surface area contributed by atoms with E-state index < -0.39 is 0 Å². The van der Waals surface area contributed by atoms with Crippen LogP contribution in [0.4, 0.5) is 17.2 Å². The Morgan fingerprint density at radius 1 is 1.07 bits per heavy atom. The Labute approximate surface area is 159 Å². The smallest absolute Gasteiger partial charge is 0.219 e. The highest BCUT2D eigenvalue weighted by atomic mass is 16.1. The van der Waals surface area contributed by atoms with E-state index in [4.69, 9.17) is 4.98 Å². The molecule has 0 spiro atoms. The molecule has 5 heteroatoms. The molecule has 0 fully saturated rings. The molecule has 4 rings (SSSR count). The van der Waals surface area contributed by atoms with E-state index in [-0.39, 0.29) is 0 Å². The molecule has 0 saturated carbocycles. The number of hydrogen-bond acceptors (Lipinski definition) is 3. The minimum Gasteiger partial charge on any atom is -0.378 e. The molecule has 2 heterocycles. The van der Waals surface area contributed by atoms with Crippen molar-refractivity contribution in [3.05, 3.63) is 66.5 Å². The van der Waals surface area contributed by atoms with Crippen LogP contribution in [0.3, 0.4) is 0 Å².